The van der Waals surface area contributed by atoms with Gasteiger partial charge in [-0.05, 0) is 30.4 Å². The van der Waals surface area contributed by atoms with Gasteiger partial charge in [-0.3, -0.25) is 9.78 Å². The zero-order valence-corrected chi connectivity index (χ0v) is 16.6. The van der Waals surface area contributed by atoms with Gasteiger partial charge in [0.2, 0.25) is 0 Å². The molecule has 3 aromatic rings. The topological polar surface area (TPSA) is 75.2 Å². The van der Waals surface area contributed by atoms with Crippen molar-refractivity contribution in [2.45, 2.75) is 70.8 Å². The van der Waals surface area contributed by atoms with Crippen molar-refractivity contribution in [1.82, 2.24) is 29.9 Å². The number of imidazole rings is 1. The largest absolute Gasteiger partial charge is 0.345 e. The molecule has 0 bridgehead atoms. The van der Waals surface area contributed by atoms with Gasteiger partial charge in [0.25, 0.3) is 0 Å². The van der Waals surface area contributed by atoms with Crippen molar-refractivity contribution in [1.29, 1.82) is 0 Å². The van der Waals surface area contributed by atoms with Gasteiger partial charge in [-0.25, -0.2) is 4.98 Å². The highest BCUT2D eigenvalue weighted by Crippen LogP contribution is 2.40. The highest BCUT2D eigenvalue weighted by Gasteiger charge is 2.33. The maximum absolute atomic E-state index is 4.66. The van der Waals surface area contributed by atoms with Crippen molar-refractivity contribution in [3.8, 4) is 0 Å². The normalized spacial score (nSPS) is 15.2. The molecule has 3 rings (SSSR count). The Morgan fingerprint density at radius 1 is 1.15 bits per heavy atom. The highest BCUT2D eigenvalue weighted by atomic mass is 15.3. The van der Waals surface area contributed by atoms with Crippen LogP contribution in [0, 0.1) is 0 Å². The lowest BCUT2D eigenvalue weighted by Gasteiger charge is -2.32. The quantitative estimate of drug-likeness (QED) is 0.691. The zero-order valence-electron chi connectivity index (χ0n) is 16.6. The lowest BCUT2D eigenvalue weighted by molar-refractivity contribution is 0.323. The minimum atomic E-state index is -0.0217. The molecule has 0 aliphatic carbocycles. The Bertz CT molecular complexity index is 805. The SMILES string of the molecule is CC(C(CC(C)(C)c1cn[nH]c1)c1cnc(C(C)(C)C)[nH]1)n1cccn1. The maximum Gasteiger partial charge on any atom is 0.111 e. The van der Waals surface area contributed by atoms with Gasteiger partial charge in [-0.15, -0.1) is 0 Å². The van der Waals surface area contributed by atoms with Gasteiger partial charge < -0.3 is 4.98 Å². The molecule has 0 aliphatic heterocycles. The van der Waals surface area contributed by atoms with Gasteiger partial charge in [0, 0.05) is 41.8 Å². The smallest absolute Gasteiger partial charge is 0.111 e. The Hall–Kier alpha value is -2.37. The molecule has 140 valence electrons. The number of aromatic amines is 2. The number of nitrogens with one attached hydrogen (secondary N) is 2. The van der Waals surface area contributed by atoms with Crippen LogP contribution in [0.25, 0.3) is 0 Å². The van der Waals surface area contributed by atoms with Crippen LogP contribution in [-0.2, 0) is 10.8 Å². The first-order valence-electron chi connectivity index (χ1n) is 9.22. The predicted octanol–water partition coefficient (Wildman–Crippen LogP) is 4.34. The summed E-state index contributed by atoms with van der Waals surface area (Å²) < 4.78 is 2.04. The summed E-state index contributed by atoms with van der Waals surface area (Å²) in [4.78, 5) is 8.25. The summed E-state index contributed by atoms with van der Waals surface area (Å²) in [5, 5.41) is 11.6. The Kier molecular flexibility index (Phi) is 4.78. The molecule has 3 heterocycles. The van der Waals surface area contributed by atoms with Crippen LogP contribution in [-0.4, -0.2) is 29.9 Å². The van der Waals surface area contributed by atoms with Crippen molar-refractivity contribution in [3.05, 3.63) is 54.1 Å². The molecule has 26 heavy (non-hydrogen) atoms. The molecule has 3 aromatic heterocycles. The van der Waals surface area contributed by atoms with E-state index in [0.29, 0.717) is 0 Å². The van der Waals surface area contributed by atoms with Gasteiger partial charge in [-0.1, -0.05) is 34.6 Å². The van der Waals surface area contributed by atoms with Gasteiger partial charge in [0.05, 0.1) is 12.2 Å². The van der Waals surface area contributed by atoms with E-state index in [0.717, 1.165) is 17.9 Å². The number of aromatic nitrogens is 6. The Labute approximate surface area is 155 Å². The van der Waals surface area contributed by atoms with E-state index in [1.165, 1.54) is 5.56 Å². The van der Waals surface area contributed by atoms with Crippen LogP contribution < -0.4 is 0 Å². The van der Waals surface area contributed by atoms with Crippen LogP contribution in [0.1, 0.15) is 77.0 Å². The Morgan fingerprint density at radius 3 is 2.46 bits per heavy atom. The van der Waals surface area contributed by atoms with E-state index in [9.17, 15) is 0 Å². The third-order valence-corrected chi connectivity index (χ3v) is 5.24. The lowest BCUT2D eigenvalue weighted by atomic mass is 9.75. The molecule has 2 unspecified atom stereocenters. The second kappa shape index (κ2) is 6.74. The monoisotopic (exact) mass is 354 g/mol. The van der Waals surface area contributed by atoms with E-state index >= 15 is 0 Å². The minimum Gasteiger partial charge on any atom is -0.345 e. The van der Waals surface area contributed by atoms with Crippen LogP contribution in [0.2, 0.25) is 0 Å². The molecule has 2 atom stereocenters. The number of H-pyrrole nitrogens is 2. The highest BCUT2D eigenvalue weighted by molar-refractivity contribution is 5.21. The third kappa shape index (κ3) is 3.74. The second-order valence-electron chi connectivity index (χ2n) is 8.85. The summed E-state index contributed by atoms with van der Waals surface area (Å²) >= 11 is 0. The number of rotatable bonds is 6. The summed E-state index contributed by atoms with van der Waals surface area (Å²) in [5.74, 6) is 1.27. The van der Waals surface area contributed by atoms with E-state index in [1.54, 1.807) is 0 Å². The lowest BCUT2D eigenvalue weighted by Crippen LogP contribution is -2.26. The molecule has 6 heteroatoms. The zero-order chi connectivity index (χ0) is 18.9. The van der Waals surface area contributed by atoms with E-state index < -0.39 is 0 Å². The van der Waals surface area contributed by atoms with E-state index in [1.807, 2.05) is 41.7 Å². The Morgan fingerprint density at radius 2 is 1.92 bits per heavy atom. The van der Waals surface area contributed by atoms with Crippen LogP contribution in [0.4, 0.5) is 0 Å². The first-order chi connectivity index (χ1) is 12.2. The number of hydrogen-bond acceptors (Lipinski definition) is 3. The molecular weight excluding hydrogens is 324 g/mol. The average Bonchev–Trinajstić information content (AvgIpc) is 3.34. The molecule has 0 amide bonds. The summed E-state index contributed by atoms with van der Waals surface area (Å²) in [6, 6.07) is 2.19. The van der Waals surface area contributed by atoms with E-state index in [4.69, 9.17) is 0 Å². The van der Waals surface area contributed by atoms with Crippen molar-refractivity contribution in [3.63, 3.8) is 0 Å². The molecule has 0 spiro atoms. The fraction of sp³-hybridized carbons (Fsp3) is 0.550. The van der Waals surface area contributed by atoms with Crippen LogP contribution in [0.5, 0.6) is 0 Å². The summed E-state index contributed by atoms with van der Waals surface area (Å²) in [6.45, 7) is 13.3. The van der Waals surface area contributed by atoms with Gasteiger partial charge >= 0.3 is 0 Å². The molecule has 0 radical (unpaired) electrons. The third-order valence-electron chi connectivity index (χ3n) is 5.24. The van der Waals surface area contributed by atoms with Crippen molar-refractivity contribution in [2.75, 3.05) is 0 Å². The van der Waals surface area contributed by atoms with Crippen molar-refractivity contribution < 1.29 is 0 Å². The van der Waals surface area contributed by atoms with Crippen LogP contribution in [0.15, 0.2) is 37.1 Å². The van der Waals surface area contributed by atoms with Crippen LogP contribution in [0.3, 0.4) is 0 Å². The second-order valence-corrected chi connectivity index (χ2v) is 8.85. The summed E-state index contributed by atoms with van der Waals surface area (Å²) in [7, 11) is 0. The van der Waals surface area contributed by atoms with Gasteiger partial charge in [0.15, 0.2) is 0 Å². The van der Waals surface area contributed by atoms with Gasteiger partial charge in [0.1, 0.15) is 5.82 Å². The Balaban J connectivity index is 1.95. The van der Waals surface area contributed by atoms with Gasteiger partial charge in [-0.2, -0.15) is 10.2 Å². The molecule has 2 N–H and O–H groups in total. The van der Waals surface area contributed by atoms with E-state index in [2.05, 4.69) is 66.8 Å². The van der Waals surface area contributed by atoms with Crippen LogP contribution >= 0.6 is 0 Å². The molecule has 6 nitrogen and oxygen atoms in total. The first kappa shape index (κ1) is 18.4. The molecule has 0 saturated heterocycles. The molecular formula is C20H30N6. The summed E-state index contributed by atoms with van der Waals surface area (Å²) in [6.07, 6.45) is 10.7. The van der Waals surface area contributed by atoms with Crippen molar-refractivity contribution in [2.24, 2.45) is 0 Å². The van der Waals surface area contributed by atoms with E-state index in [-0.39, 0.29) is 22.8 Å². The molecule has 0 aromatic carbocycles. The molecule has 0 aliphatic rings. The number of nitrogens with zero attached hydrogens (tertiary/aromatic N) is 4. The standard InChI is InChI=1S/C20H30N6/c1-14(26-9-7-8-24-26)16(10-20(5,6)15-11-22-23-12-15)17-13-21-18(25-17)19(2,3)4/h7-9,11-14,16H,10H2,1-6H3,(H,21,25)(H,22,23). The average molecular weight is 355 g/mol. The minimum absolute atomic E-state index is 0.00217. The maximum atomic E-state index is 4.66. The fourth-order valence-electron chi connectivity index (χ4n) is 3.44. The van der Waals surface area contributed by atoms with Crippen molar-refractivity contribution >= 4 is 0 Å². The predicted molar refractivity (Wildman–Crippen MR) is 103 cm³/mol. The number of hydrogen-bond donors (Lipinski definition) is 2. The molecule has 0 saturated carbocycles. The summed E-state index contributed by atoms with van der Waals surface area (Å²) in [5.41, 5.74) is 2.35. The first-order valence-corrected chi connectivity index (χ1v) is 9.22. The molecule has 0 fully saturated rings. The fourth-order valence-corrected chi connectivity index (χ4v) is 3.44.